The summed E-state index contributed by atoms with van der Waals surface area (Å²) in [5.74, 6) is 0.497. The van der Waals surface area contributed by atoms with Crippen LogP contribution in [0.4, 0.5) is 9.93 Å². The lowest BCUT2D eigenvalue weighted by Crippen LogP contribution is -2.39. The maximum absolute atomic E-state index is 13.0. The molecule has 2 amide bonds. The van der Waals surface area contributed by atoms with Gasteiger partial charge in [0, 0.05) is 38.0 Å². The van der Waals surface area contributed by atoms with Crippen LogP contribution in [0.5, 0.6) is 0 Å². The van der Waals surface area contributed by atoms with E-state index in [9.17, 15) is 4.79 Å². The molecular formula is C20H27N5O2S. The monoisotopic (exact) mass is 401 g/mol. The predicted octanol–water partition coefficient (Wildman–Crippen LogP) is 4.19. The number of hydrogen-bond donors (Lipinski definition) is 1. The van der Waals surface area contributed by atoms with Crippen LogP contribution in [-0.4, -0.2) is 45.4 Å². The molecule has 0 radical (unpaired) electrons. The van der Waals surface area contributed by atoms with Crippen LogP contribution in [-0.2, 0) is 11.3 Å². The normalized spacial score (nSPS) is 20.2. The van der Waals surface area contributed by atoms with E-state index in [0.717, 1.165) is 30.0 Å². The summed E-state index contributed by atoms with van der Waals surface area (Å²) < 4.78 is 5.75. The standard InChI is InChI=1S/C20H27N5O2S/c26-20(22-19-24-23-18(28-19)16-5-2-1-3-6-16)25(14-17-7-4-12-27-17)13-15-8-10-21-11-9-15/h8-11,16-17H,1-7,12-14H2,(H,22,24,26)/t17-/m0/s1. The Hall–Kier alpha value is -2.06. The van der Waals surface area contributed by atoms with Gasteiger partial charge in [0.05, 0.1) is 6.10 Å². The zero-order chi connectivity index (χ0) is 19.2. The Morgan fingerprint density at radius 1 is 1.14 bits per heavy atom. The van der Waals surface area contributed by atoms with Crippen molar-refractivity contribution in [3.63, 3.8) is 0 Å². The van der Waals surface area contributed by atoms with Crippen LogP contribution >= 0.6 is 11.3 Å². The summed E-state index contributed by atoms with van der Waals surface area (Å²) in [4.78, 5) is 18.8. The largest absolute Gasteiger partial charge is 0.376 e. The molecule has 0 spiro atoms. The molecule has 7 nitrogen and oxygen atoms in total. The van der Waals surface area contributed by atoms with Crippen molar-refractivity contribution in [2.45, 2.75) is 63.5 Å². The van der Waals surface area contributed by atoms with E-state index in [1.54, 1.807) is 17.3 Å². The molecule has 3 heterocycles. The molecule has 2 fully saturated rings. The van der Waals surface area contributed by atoms with E-state index in [0.29, 0.717) is 24.1 Å². The summed E-state index contributed by atoms with van der Waals surface area (Å²) in [6, 6.07) is 3.71. The van der Waals surface area contributed by atoms with E-state index < -0.39 is 0 Å². The highest BCUT2D eigenvalue weighted by atomic mass is 32.1. The van der Waals surface area contributed by atoms with Crippen LogP contribution in [0.2, 0.25) is 0 Å². The molecule has 0 unspecified atom stereocenters. The summed E-state index contributed by atoms with van der Waals surface area (Å²) in [5, 5.41) is 13.2. The third-order valence-electron chi connectivity index (χ3n) is 5.47. The molecule has 0 aromatic carbocycles. The quantitative estimate of drug-likeness (QED) is 0.785. The molecule has 0 bridgehead atoms. The molecule has 4 rings (SSSR count). The van der Waals surface area contributed by atoms with Crippen molar-refractivity contribution < 1.29 is 9.53 Å². The van der Waals surface area contributed by atoms with Crippen LogP contribution in [0.1, 0.15) is 61.4 Å². The Kier molecular flexibility index (Phi) is 6.49. The Labute approximate surface area is 169 Å². The minimum atomic E-state index is -0.154. The van der Waals surface area contributed by atoms with Gasteiger partial charge in [-0.1, -0.05) is 30.6 Å². The Morgan fingerprint density at radius 2 is 1.96 bits per heavy atom. The third kappa shape index (κ3) is 5.05. The topological polar surface area (TPSA) is 80.2 Å². The second kappa shape index (κ2) is 9.43. The predicted molar refractivity (Wildman–Crippen MR) is 108 cm³/mol. The number of urea groups is 1. The second-order valence-electron chi connectivity index (χ2n) is 7.58. The number of carbonyl (C=O) groups excluding carboxylic acids is 1. The summed E-state index contributed by atoms with van der Waals surface area (Å²) in [6.45, 7) is 1.86. The summed E-state index contributed by atoms with van der Waals surface area (Å²) in [5.41, 5.74) is 1.04. The van der Waals surface area contributed by atoms with Gasteiger partial charge in [-0.05, 0) is 43.4 Å². The van der Waals surface area contributed by atoms with Gasteiger partial charge in [0.2, 0.25) is 5.13 Å². The summed E-state index contributed by atoms with van der Waals surface area (Å²) >= 11 is 1.51. The van der Waals surface area contributed by atoms with Crippen LogP contribution in [0.3, 0.4) is 0 Å². The van der Waals surface area contributed by atoms with E-state index in [1.165, 1.54) is 43.4 Å². The number of hydrogen-bond acceptors (Lipinski definition) is 6. The molecular weight excluding hydrogens is 374 g/mol. The van der Waals surface area contributed by atoms with E-state index in [-0.39, 0.29) is 12.1 Å². The number of carbonyl (C=O) groups is 1. The van der Waals surface area contributed by atoms with Crippen molar-refractivity contribution in [1.82, 2.24) is 20.1 Å². The summed E-state index contributed by atoms with van der Waals surface area (Å²) in [6.07, 6.45) is 11.8. The molecule has 1 aliphatic heterocycles. The maximum Gasteiger partial charge on any atom is 0.324 e. The van der Waals surface area contributed by atoms with Crippen molar-refractivity contribution in [1.29, 1.82) is 0 Å². The highest BCUT2D eigenvalue weighted by Gasteiger charge is 2.25. The first kappa shape index (κ1) is 19.3. The Balaban J connectivity index is 1.41. The molecule has 28 heavy (non-hydrogen) atoms. The molecule has 1 saturated heterocycles. The molecule has 2 aliphatic rings. The van der Waals surface area contributed by atoms with Crippen molar-refractivity contribution >= 4 is 22.5 Å². The van der Waals surface area contributed by atoms with Gasteiger partial charge in [0.15, 0.2) is 0 Å². The molecule has 1 N–H and O–H groups in total. The first-order valence-corrected chi connectivity index (χ1v) is 11.0. The molecule has 1 atom stereocenters. The minimum absolute atomic E-state index is 0.0970. The molecule has 150 valence electrons. The SMILES string of the molecule is O=C(Nc1nnc(C2CCCCC2)s1)N(Cc1ccncc1)C[C@@H]1CCCO1. The summed E-state index contributed by atoms with van der Waals surface area (Å²) in [7, 11) is 0. The lowest BCUT2D eigenvalue weighted by Gasteiger charge is -2.25. The van der Waals surface area contributed by atoms with Crippen LogP contribution in [0.15, 0.2) is 24.5 Å². The van der Waals surface area contributed by atoms with E-state index in [1.807, 2.05) is 12.1 Å². The van der Waals surface area contributed by atoms with Gasteiger partial charge in [-0.25, -0.2) is 4.79 Å². The third-order valence-corrected chi connectivity index (χ3v) is 6.47. The first-order chi connectivity index (χ1) is 13.8. The number of nitrogens with zero attached hydrogens (tertiary/aromatic N) is 4. The molecule has 1 aliphatic carbocycles. The molecule has 1 saturated carbocycles. The van der Waals surface area contributed by atoms with Gasteiger partial charge in [0.1, 0.15) is 5.01 Å². The fraction of sp³-hybridized carbons (Fsp3) is 0.600. The lowest BCUT2D eigenvalue weighted by molar-refractivity contribution is 0.0819. The van der Waals surface area contributed by atoms with Gasteiger partial charge in [0.25, 0.3) is 0 Å². The molecule has 2 aromatic rings. The number of aromatic nitrogens is 3. The minimum Gasteiger partial charge on any atom is -0.376 e. The zero-order valence-electron chi connectivity index (χ0n) is 16.0. The number of anilines is 1. The average molecular weight is 402 g/mol. The van der Waals surface area contributed by atoms with Crippen molar-refractivity contribution in [3.8, 4) is 0 Å². The first-order valence-electron chi connectivity index (χ1n) is 10.2. The van der Waals surface area contributed by atoms with Gasteiger partial charge < -0.3 is 9.64 Å². The van der Waals surface area contributed by atoms with E-state index in [4.69, 9.17) is 4.74 Å². The number of nitrogens with one attached hydrogen (secondary N) is 1. The van der Waals surface area contributed by atoms with Crippen molar-refractivity contribution in [2.24, 2.45) is 0 Å². The van der Waals surface area contributed by atoms with Gasteiger partial charge in [-0.3, -0.25) is 10.3 Å². The van der Waals surface area contributed by atoms with Gasteiger partial charge >= 0.3 is 6.03 Å². The second-order valence-corrected chi connectivity index (χ2v) is 8.59. The maximum atomic E-state index is 13.0. The number of rotatable bonds is 6. The van der Waals surface area contributed by atoms with E-state index >= 15 is 0 Å². The average Bonchev–Trinajstić information content (AvgIpc) is 3.41. The lowest BCUT2D eigenvalue weighted by atomic mass is 9.90. The van der Waals surface area contributed by atoms with Gasteiger partial charge in [-0.2, -0.15) is 0 Å². The molecule has 8 heteroatoms. The molecule has 2 aromatic heterocycles. The highest BCUT2D eigenvalue weighted by molar-refractivity contribution is 7.15. The van der Waals surface area contributed by atoms with Crippen molar-refractivity contribution in [2.75, 3.05) is 18.5 Å². The van der Waals surface area contributed by atoms with Crippen LogP contribution in [0.25, 0.3) is 0 Å². The van der Waals surface area contributed by atoms with Crippen molar-refractivity contribution in [3.05, 3.63) is 35.1 Å². The van der Waals surface area contributed by atoms with E-state index in [2.05, 4.69) is 20.5 Å². The fourth-order valence-electron chi connectivity index (χ4n) is 3.93. The Morgan fingerprint density at radius 3 is 2.71 bits per heavy atom. The fourth-order valence-corrected chi connectivity index (χ4v) is 4.83. The number of ether oxygens (including phenoxy) is 1. The smallest absolute Gasteiger partial charge is 0.324 e. The highest BCUT2D eigenvalue weighted by Crippen LogP contribution is 2.35. The number of pyridine rings is 1. The van der Waals surface area contributed by atoms with Gasteiger partial charge in [-0.15, -0.1) is 10.2 Å². The number of amides is 2. The Bertz CT molecular complexity index is 757. The van der Waals surface area contributed by atoms with Crippen LogP contribution < -0.4 is 5.32 Å². The zero-order valence-corrected chi connectivity index (χ0v) is 16.9. The van der Waals surface area contributed by atoms with Crippen LogP contribution in [0, 0.1) is 0 Å².